The predicted octanol–water partition coefficient (Wildman–Crippen LogP) is 3.88. The van der Waals surface area contributed by atoms with Crippen LogP contribution in [-0.2, 0) is 20.7 Å². The Balaban J connectivity index is 2.74. The SMILES string of the molecule is CCOC(=O)CN(CC(F)(F)F)C(=O)CCc1ccc(Cl)cc1Cl. The zero-order valence-corrected chi connectivity index (χ0v) is 14.3. The third kappa shape index (κ3) is 7.40. The van der Waals surface area contributed by atoms with Gasteiger partial charge in [0.25, 0.3) is 0 Å². The molecule has 0 spiro atoms. The van der Waals surface area contributed by atoms with E-state index in [1.807, 2.05) is 0 Å². The summed E-state index contributed by atoms with van der Waals surface area (Å²) >= 11 is 11.7. The van der Waals surface area contributed by atoms with E-state index in [0.717, 1.165) is 0 Å². The first-order valence-electron chi connectivity index (χ1n) is 7.06. The summed E-state index contributed by atoms with van der Waals surface area (Å²) in [6.07, 6.45) is -4.71. The molecule has 0 aliphatic heterocycles. The van der Waals surface area contributed by atoms with Crippen LogP contribution in [0, 0.1) is 0 Å². The van der Waals surface area contributed by atoms with Gasteiger partial charge in [0.15, 0.2) is 0 Å². The van der Waals surface area contributed by atoms with Crippen LogP contribution >= 0.6 is 23.2 Å². The molecule has 0 aromatic heterocycles. The molecule has 1 rings (SSSR count). The van der Waals surface area contributed by atoms with Crippen molar-refractivity contribution in [3.8, 4) is 0 Å². The van der Waals surface area contributed by atoms with Crippen molar-refractivity contribution in [3.63, 3.8) is 0 Å². The standard InChI is InChI=1S/C15H16Cl2F3NO3/c1-2-24-14(23)8-21(9-15(18,19)20)13(22)6-4-10-3-5-11(16)7-12(10)17/h3,5,7H,2,4,6,8-9H2,1H3. The quantitative estimate of drug-likeness (QED) is 0.669. The second-order valence-electron chi connectivity index (χ2n) is 4.91. The number of carbonyl (C=O) groups excluding carboxylic acids is 2. The number of alkyl halides is 3. The number of amides is 1. The Kier molecular flexibility index (Phi) is 7.83. The smallest absolute Gasteiger partial charge is 0.406 e. The number of nitrogens with zero attached hydrogens (tertiary/aromatic N) is 1. The molecule has 0 saturated carbocycles. The third-order valence-electron chi connectivity index (χ3n) is 2.97. The van der Waals surface area contributed by atoms with Crippen molar-refractivity contribution in [3.05, 3.63) is 33.8 Å². The first-order valence-corrected chi connectivity index (χ1v) is 7.82. The molecular weight excluding hydrogens is 370 g/mol. The monoisotopic (exact) mass is 385 g/mol. The Labute approximate surface area is 147 Å². The van der Waals surface area contributed by atoms with E-state index in [2.05, 4.69) is 4.74 Å². The van der Waals surface area contributed by atoms with E-state index in [-0.39, 0.29) is 19.4 Å². The van der Waals surface area contributed by atoms with Gasteiger partial charge in [-0.05, 0) is 31.0 Å². The van der Waals surface area contributed by atoms with Crippen molar-refractivity contribution in [2.24, 2.45) is 0 Å². The third-order valence-corrected chi connectivity index (χ3v) is 3.56. The number of rotatable bonds is 7. The fraction of sp³-hybridized carbons (Fsp3) is 0.467. The second kappa shape index (κ2) is 9.13. The molecule has 0 saturated heterocycles. The molecule has 134 valence electrons. The van der Waals surface area contributed by atoms with E-state index in [1.54, 1.807) is 12.1 Å². The van der Waals surface area contributed by atoms with Gasteiger partial charge in [-0.15, -0.1) is 0 Å². The second-order valence-corrected chi connectivity index (χ2v) is 5.75. The highest BCUT2D eigenvalue weighted by molar-refractivity contribution is 6.35. The summed E-state index contributed by atoms with van der Waals surface area (Å²) in [7, 11) is 0. The van der Waals surface area contributed by atoms with Crippen molar-refractivity contribution in [1.82, 2.24) is 4.90 Å². The number of benzene rings is 1. The molecule has 0 radical (unpaired) electrons. The zero-order valence-electron chi connectivity index (χ0n) is 12.8. The van der Waals surface area contributed by atoms with Gasteiger partial charge in [-0.25, -0.2) is 0 Å². The van der Waals surface area contributed by atoms with Gasteiger partial charge in [-0.3, -0.25) is 9.59 Å². The van der Waals surface area contributed by atoms with Gasteiger partial charge in [0.05, 0.1) is 6.61 Å². The highest BCUT2D eigenvalue weighted by Crippen LogP contribution is 2.23. The number of aryl methyl sites for hydroxylation is 1. The van der Waals surface area contributed by atoms with Crippen LogP contribution in [-0.4, -0.2) is 42.6 Å². The minimum absolute atomic E-state index is 0.0211. The van der Waals surface area contributed by atoms with Crippen molar-refractivity contribution in [2.75, 3.05) is 19.7 Å². The minimum Gasteiger partial charge on any atom is -0.465 e. The van der Waals surface area contributed by atoms with Crippen LogP contribution in [0.4, 0.5) is 13.2 Å². The van der Waals surface area contributed by atoms with Crippen LogP contribution < -0.4 is 0 Å². The Morgan fingerprint density at radius 3 is 2.46 bits per heavy atom. The van der Waals surface area contributed by atoms with Gasteiger partial charge in [-0.2, -0.15) is 13.2 Å². The molecule has 4 nitrogen and oxygen atoms in total. The molecule has 0 atom stereocenters. The number of hydrogen-bond donors (Lipinski definition) is 0. The fourth-order valence-corrected chi connectivity index (χ4v) is 2.44. The van der Waals surface area contributed by atoms with Crippen molar-refractivity contribution >= 4 is 35.1 Å². The molecule has 0 aliphatic carbocycles. The average Bonchev–Trinajstić information content (AvgIpc) is 2.44. The Hall–Kier alpha value is -1.47. The molecule has 1 amide bonds. The summed E-state index contributed by atoms with van der Waals surface area (Å²) in [4.78, 5) is 23.9. The molecule has 0 bridgehead atoms. The lowest BCUT2D eigenvalue weighted by molar-refractivity contribution is -0.167. The summed E-state index contributed by atoms with van der Waals surface area (Å²) in [5.74, 6) is -1.70. The maximum absolute atomic E-state index is 12.6. The van der Waals surface area contributed by atoms with E-state index in [0.29, 0.717) is 20.5 Å². The van der Waals surface area contributed by atoms with Crippen LogP contribution in [0.5, 0.6) is 0 Å². The predicted molar refractivity (Wildman–Crippen MR) is 84.1 cm³/mol. The maximum atomic E-state index is 12.6. The van der Waals surface area contributed by atoms with Gasteiger partial charge in [0.1, 0.15) is 13.1 Å². The van der Waals surface area contributed by atoms with Gasteiger partial charge in [0.2, 0.25) is 5.91 Å². The normalized spacial score (nSPS) is 11.2. The number of ether oxygens (including phenoxy) is 1. The number of esters is 1. The van der Waals surface area contributed by atoms with Gasteiger partial charge in [-0.1, -0.05) is 29.3 Å². The van der Waals surface area contributed by atoms with Gasteiger partial charge < -0.3 is 9.64 Å². The Bertz CT molecular complexity index is 594. The van der Waals surface area contributed by atoms with Crippen LogP contribution in [0.15, 0.2) is 18.2 Å². The lowest BCUT2D eigenvalue weighted by Gasteiger charge is -2.23. The van der Waals surface area contributed by atoms with Crippen LogP contribution in [0.25, 0.3) is 0 Å². The van der Waals surface area contributed by atoms with Crippen LogP contribution in [0.2, 0.25) is 10.0 Å². The molecule has 9 heteroatoms. The zero-order chi connectivity index (χ0) is 18.3. The molecule has 0 fully saturated rings. The molecule has 0 N–H and O–H groups in total. The highest BCUT2D eigenvalue weighted by Gasteiger charge is 2.34. The number of carbonyl (C=O) groups is 2. The van der Waals surface area contributed by atoms with E-state index in [9.17, 15) is 22.8 Å². The topological polar surface area (TPSA) is 46.6 Å². The van der Waals surface area contributed by atoms with Gasteiger partial charge in [0, 0.05) is 16.5 Å². The maximum Gasteiger partial charge on any atom is 0.406 e. The summed E-state index contributed by atoms with van der Waals surface area (Å²) in [5.41, 5.74) is 0.581. The molecule has 0 heterocycles. The van der Waals surface area contributed by atoms with Crippen molar-refractivity contribution < 1.29 is 27.5 Å². The van der Waals surface area contributed by atoms with Crippen LogP contribution in [0.1, 0.15) is 18.9 Å². The lowest BCUT2D eigenvalue weighted by atomic mass is 10.1. The largest absolute Gasteiger partial charge is 0.465 e. The highest BCUT2D eigenvalue weighted by atomic mass is 35.5. The Morgan fingerprint density at radius 2 is 1.92 bits per heavy atom. The van der Waals surface area contributed by atoms with E-state index < -0.39 is 31.1 Å². The number of halogens is 5. The van der Waals surface area contributed by atoms with Gasteiger partial charge >= 0.3 is 12.1 Å². The molecule has 24 heavy (non-hydrogen) atoms. The molecule has 1 aromatic rings. The summed E-state index contributed by atoms with van der Waals surface area (Å²) in [6, 6.07) is 4.64. The van der Waals surface area contributed by atoms with E-state index in [1.165, 1.54) is 13.0 Å². The van der Waals surface area contributed by atoms with E-state index in [4.69, 9.17) is 23.2 Å². The molecule has 0 aliphatic rings. The summed E-state index contributed by atoms with van der Waals surface area (Å²) < 4.78 is 42.4. The summed E-state index contributed by atoms with van der Waals surface area (Å²) in [5, 5.41) is 0.735. The molecular formula is C15H16Cl2F3NO3. The average molecular weight is 386 g/mol. The molecule has 1 aromatic carbocycles. The number of hydrogen-bond acceptors (Lipinski definition) is 3. The van der Waals surface area contributed by atoms with E-state index >= 15 is 0 Å². The Morgan fingerprint density at radius 1 is 1.25 bits per heavy atom. The minimum atomic E-state index is -4.61. The fourth-order valence-electron chi connectivity index (χ4n) is 1.94. The first kappa shape index (κ1) is 20.6. The lowest BCUT2D eigenvalue weighted by Crippen LogP contribution is -2.42. The van der Waals surface area contributed by atoms with Crippen LogP contribution in [0.3, 0.4) is 0 Å². The molecule has 0 unspecified atom stereocenters. The van der Waals surface area contributed by atoms with Crippen molar-refractivity contribution in [2.45, 2.75) is 25.9 Å². The first-order chi connectivity index (χ1) is 11.1. The van der Waals surface area contributed by atoms with Crippen molar-refractivity contribution in [1.29, 1.82) is 0 Å². The summed E-state index contributed by atoms with van der Waals surface area (Å²) in [6.45, 7) is -0.719.